The second-order valence-electron chi connectivity index (χ2n) is 7.14. The third-order valence-electron chi connectivity index (χ3n) is 5.28. The van der Waals surface area contributed by atoms with Gasteiger partial charge in [0.05, 0.1) is 0 Å². The van der Waals surface area contributed by atoms with Crippen molar-refractivity contribution in [3.05, 3.63) is 24.1 Å². The van der Waals surface area contributed by atoms with Crippen molar-refractivity contribution in [1.82, 2.24) is 9.38 Å². The molecule has 2 rings (SSSR count). The van der Waals surface area contributed by atoms with Crippen molar-refractivity contribution in [2.24, 2.45) is 0 Å². The number of imidazole rings is 1. The summed E-state index contributed by atoms with van der Waals surface area (Å²) >= 11 is -0.969. The molecule has 0 radical (unpaired) electrons. The number of thioether (sulfide) groups is 1. The number of hydrogen-bond donors (Lipinski definition) is 0. The van der Waals surface area contributed by atoms with Gasteiger partial charge in [0.2, 0.25) is 0 Å². The van der Waals surface area contributed by atoms with Gasteiger partial charge in [-0.25, -0.2) is 0 Å². The van der Waals surface area contributed by atoms with Gasteiger partial charge < -0.3 is 0 Å². The van der Waals surface area contributed by atoms with Crippen LogP contribution >= 0.6 is 11.8 Å². The fraction of sp³-hybridized carbons (Fsp3) is 0.650. The number of rotatable bonds is 11. The number of halogens is 1. The molecule has 0 bridgehead atoms. The summed E-state index contributed by atoms with van der Waals surface area (Å²) in [7, 11) is 0. The Hall–Kier alpha value is -0.231. The number of pyridine rings is 1. The van der Waals surface area contributed by atoms with E-state index in [1.54, 1.807) is 24.0 Å². The maximum absolute atomic E-state index is 13.8. The molecule has 2 heterocycles. The minimum atomic E-state index is -2.60. The molecule has 0 aliphatic heterocycles. The Morgan fingerprint density at radius 2 is 1.56 bits per heavy atom. The van der Waals surface area contributed by atoms with Crippen LogP contribution in [0, 0.1) is 5.82 Å². The molecule has 0 fully saturated rings. The molecule has 0 spiro atoms. The van der Waals surface area contributed by atoms with Crippen LogP contribution in [0.25, 0.3) is 5.52 Å². The summed E-state index contributed by atoms with van der Waals surface area (Å²) in [5.74, 6) is -0.178. The van der Waals surface area contributed by atoms with E-state index < -0.39 is 18.4 Å². The van der Waals surface area contributed by atoms with E-state index in [0.29, 0.717) is 0 Å². The average Bonchev–Trinajstić information content (AvgIpc) is 3.00. The molecule has 0 saturated carbocycles. The van der Waals surface area contributed by atoms with E-state index in [0.717, 1.165) is 5.16 Å². The van der Waals surface area contributed by atoms with Gasteiger partial charge in [0.1, 0.15) is 0 Å². The molecule has 140 valence electrons. The van der Waals surface area contributed by atoms with Crippen molar-refractivity contribution in [1.29, 1.82) is 0 Å². The van der Waals surface area contributed by atoms with E-state index in [1.165, 1.54) is 61.1 Å². The maximum atomic E-state index is 13.8. The standard InChI is InChI=1S/C8H6FN2S.3C4H9.Sn/c1-12-8-10-4-7-3-2-6(9)5-11(7)8;3*1-3-4-2;/h2-3,5H,1H3;3*1,3-4H2,2H3;. The molecule has 0 aromatic carbocycles. The zero-order valence-electron chi connectivity index (χ0n) is 16.3. The molecular weight excluding hydrogens is 438 g/mol. The van der Waals surface area contributed by atoms with E-state index in [9.17, 15) is 4.39 Å². The van der Waals surface area contributed by atoms with Crippen molar-refractivity contribution in [3.8, 4) is 0 Å². The Kier molecular flexibility index (Phi) is 8.59. The summed E-state index contributed by atoms with van der Waals surface area (Å²) < 4.78 is 21.4. The molecule has 0 amide bonds. The van der Waals surface area contributed by atoms with Crippen molar-refractivity contribution in [3.63, 3.8) is 0 Å². The molecule has 0 aliphatic carbocycles. The van der Waals surface area contributed by atoms with Gasteiger partial charge in [-0.2, -0.15) is 0 Å². The topological polar surface area (TPSA) is 17.3 Å². The summed E-state index contributed by atoms with van der Waals surface area (Å²) in [6, 6.07) is 3.59. The normalized spacial score (nSPS) is 12.2. The van der Waals surface area contributed by atoms with Gasteiger partial charge in [-0.15, -0.1) is 0 Å². The van der Waals surface area contributed by atoms with Crippen LogP contribution in [-0.2, 0) is 0 Å². The Morgan fingerprint density at radius 3 is 2.04 bits per heavy atom. The molecule has 0 aliphatic rings. The van der Waals surface area contributed by atoms with Crippen LogP contribution in [-0.4, -0.2) is 34.0 Å². The van der Waals surface area contributed by atoms with Gasteiger partial charge in [0, 0.05) is 0 Å². The van der Waals surface area contributed by atoms with E-state index in [-0.39, 0.29) is 5.82 Å². The second kappa shape index (κ2) is 10.2. The van der Waals surface area contributed by atoms with E-state index >= 15 is 0 Å². The van der Waals surface area contributed by atoms with E-state index in [2.05, 4.69) is 20.8 Å². The first-order valence-electron chi connectivity index (χ1n) is 9.84. The Labute approximate surface area is 160 Å². The molecule has 0 atom stereocenters. The fourth-order valence-corrected chi connectivity index (χ4v) is 20.7. The number of fused-ring (bicyclic) bond motifs is 1. The van der Waals surface area contributed by atoms with Crippen LogP contribution in [0.1, 0.15) is 59.3 Å². The molecule has 5 heteroatoms. The quantitative estimate of drug-likeness (QED) is 0.285. The molecule has 25 heavy (non-hydrogen) atoms. The van der Waals surface area contributed by atoms with Gasteiger partial charge >= 0.3 is 161 Å². The number of nitrogens with zero attached hydrogens (tertiary/aromatic N) is 2. The number of unbranched alkanes of at least 4 members (excludes halogenated alkanes) is 3. The molecule has 0 N–H and O–H groups in total. The second-order valence-corrected chi connectivity index (χ2v) is 20.9. The fourth-order valence-electron chi connectivity index (χ4n) is 3.84. The summed E-state index contributed by atoms with van der Waals surface area (Å²) in [5, 5.41) is 0.954. The van der Waals surface area contributed by atoms with Crippen LogP contribution in [0.5, 0.6) is 0 Å². The predicted molar refractivity (Wildman–Crippen MR) is 111 cm³/mol. The summed E-state index contributed by atoms with van der Waals surface area (Å²) in [6.45, 7) is 6.89. The summed E-state index contributed by atoms with van der Waals surface area (Å²) in [4.78, 5) is 5.13. The zero-order valence-corrected chi connectivity index (χ0v) is 19.9. The van der Waals surface area contributed by atoms with Crippen LogP contribution in [0.3, 0.4) is 0 Å². The molecule has 2 nitrogen and oxygen atoms in total. The van der Waals surface area contributed by atoms with Gasteiger partial charge in [0.25, 0.3) is 0 Å². The third kappa shape index (κ3) is 4.94. The van der Waals surface area contributed by atoms with Crippen LogP contribution in [0.2, 0.25) is 13.3 Å². The van der Waals surface area contributed by atoms with Crippen molar-refractivity contribution < 1.29 is 4.39 Å². The first-order valence-corrected chi connectivity index (χ1v) is 18.5. The minimum absolute atomic E-state index is 0.178. The first-order chi connectivity index (χ1) is 12.1. The summed E-state index contributed by atoms with van der Waals surface area (Å²) in [5.41, 5.74) is 1.19. The Balaban J connectivity index is 2.59. The van der Waals surface area contributed by atoms with Crippen LogP contribution < -0.4 is 3.71 Å². The van der Waals surface area contributed by atoms with Gasteiger partial charge in [-0.05, 0) is 0 Å². The molecule has 2 aromatic rings. The van der Waals surface area contributed by atoms with Crippen molar-refractivity contribution >= 4 is 39.4 Å². The van der Waals surface area contributed by atoms with Crippen molar-refractivity contribution in [2.75, 3.05) is 6.26 Å². The number of aromatic nitrogens is 2. The van der Waals surface area contributed by atoms with Gasteiger partial charge in [0.15, 0.2) is 0 Å². The zero-order chi connectivity index (χ0) is 18.3. The Bertz CT molecular complexity index is 649. The average molecular weight is 471 g/mol. The SMILES string of the molecule is CCC[CH2][Sn]([CH2]CCC)([CH2]CCC)[c]1nc(SC)n2cc(F)ccc12. The first kappa shape index (κ1) is 21.1. The van der Waals surface area contributed by atoms with E-state index in [4.69, 9.17) is 4.98 Å². The summed E-state index contributed by atoms with van der Waals surface area (Å²) in [6.07, 6.45) is 11.4. The Morgan fingerprint density at radius 1 is 1.00 bits per heavy atom. The van der Waals surface area contributed by atoms with Crippen molar-refractivity contribution in [2.45, 2.75) is 77.8 Å². The van der Waals surface area contributed by atoms with Gasteiger partial charge in [-0.3, -0.25) is 0 Å². The van der Waals surface area contributed by atoms with E-state index in [1.807, 2.05) is 16.7 Å². The van der Waals surface area contributed by atoms with Gasteiger partial charge in [-0.1, -0.05) is 0 Å². The molecule has 0 saturated heterocycles. The molecule has 2 aromatic heterocycles. The van der Waals surface area contributed by atoms with Crippen LogP contribution in [0.15, 0.2) is 23.5 Å². The van der Waals surface area contributed by atoms with Crippen LogP contribution in [0.4, 0.5) is 4.39 Å². The molecule has 0 unspecified atom stereocenters. The monoisotopic (exact) mass is 472 g/mol. The number of hydrogen-bond acceptors (Lipinski definition) is 2. The third-order valence-corrected chi connectivity index (χ3v) is 21.1. The molecular formula is C20H33FN2SSn. The predicted octanol–water partition coefficient (Wildman–Crippen LogP) is 6.25.